The molecule has 6 heteroatoms. The number of nitrogens with one attached hydrogen (secondary N) is 2. The first-order valence-electron chi connectivity index (χ1n) is 8.17. The zero-order valence-electron chi connectivity index (χ0n) is 14.0. The Morgan fingerprint density at radius 1 is 1.27 bits per heavy atom. The SMILES string of the molecule is C[C@H]1C[C@@H](C(=O)NCC2(C(=O)N(C)C)CCCC2)CCN1.Cl. The molecule has 0 radical (unpaired) electrons. The van der Waals surface area contributed by atoms with Gasteiger partial charge in [-0.1, -0.05) is 12.8 Å². The van der Waals surface area contributed by atoms with Crippen LogP contribution < -0.4 is 10.6 Å². The number of carbonyl (C=O) groups excluding carboxylic acids is 2. The average Bonchev–Trinajstić information content (AvgIpc) is 2.94. The Balaban J connectivity index is 0.00000242. The molecule has 2 N–H and O–H groups in total. The van der Waals surface area contributed by atoms with E-state index in [-0.39, 0.29) is 35.6 Å². The molecular formula is C16H30ClN3O2. The molecule has 1 aliphatic carbocycles. The van der Waals surface area contributed by atoms with E-state index >= 15 is 0 Å². The van der Waals surface area contributed by atoms with E-state index in [4.69, 9.17) is 0 Å². The molecular weight excluding hydrogens is 302 g/mol. The van der Waals surface area contributed by atoms with Crippen LogP contribution in [0.25, 0.3) is 0 Å². The number of hydrogen-bond acceptors (Lipinski definition) is 3. The molecule has 1 aliphatic heterocycles. The topological polar surface area (TPSA) is 61.4 Å². The summed E-state index contributed by atoms with van der Waals surface area (Å²) in [5.74, 6) is 0.384. The summed E-state index contributed by atoms with van der Waals surface area (Å²) in [4.78, 5) is 26.5. The predicted molar refractivity (Wildman–Crippen MR) is 90.0 cm³/mol. The third-order valence-electron chi connectivity index (χ3n) is 5.02. The largest absolute Gasteiger partial charge is 0.355 e. The van der Waals surface area contributed by atoms with Gasteiger partial charge in [-0.25, -0.2) is 0 Å². The second kappa shape index (κ2) is 8.16. The molecule has 2 fully saturated rings. The zero-order chi connectivity index (χ0) is 15.5. The Morgan fingerprint density at radius 2 is 1.91 bits per heavy atom. The lowest BCUT2D eigenvalue weighted by molar-refractivity contribution is -0.139. The van der Waals surface area contributed by atoms with Crippen LogP contribution >= 0.6 is 12.4 Å². The van der Waals surface area contributed by atoms with Gasteiger partial charge >= 0.3 is 0 Å². The maximum atomic E-state index is 12.5. The quantitative estimate of drug-likeness (QED) is 0.822. The van der Waals surface area contributed by atoms with Crippen molar-refractivity contribution in [1.82, 2.24) is 15.5 Å². The van der Waals surface area contributed by atoms with Crippen LogP contribution in [0.4, 0.5) is 0 Å². The molecule has 2 atom stereocenters. The van der Waals surface area contributed by atoms with Crippen molar-refractivity contribution in [1.29, 1.82) is 0 Å². The van der Waals surface area contributed by atoms with Gasteiger partial charge in [0, 0.05) is 32.6 Å². The monoisotopic (exact) mass is 331 g/mol. The summed E-state index contributed by atoms with van der Waals surface area (Å²) in [6.45, 7) is 3.52. The first-order valence-corrected chi connectivity index (χ1v) is 8.17. The van der Waals surface area contributed by atoms with E-state index in [9.17, 15) is 9.59 Å². The third kappa shape index (κ3) is 4.35. The number of halogens is 1. The van der Waals surface area contributed by atoms with Gasteiger partial charge in [-0.3, -0.25) is 9.59 Å². The molecule has 1 saturated carbocycles. The maximum Gasteiger partial charge on any atom is 0.230 e. The van der Waals surface area contributed by atoms with Crippen molar-refractivity contribution >= 4 is 24.2 Å². The lowest BCUT2D eigenvalue weighted by Gasteiger charge is -2.32. The van der Waals surface area contributed by atoms with Gasteiger partial charge in [0.1, 0.15) is 0 Å². The minimum absolute atomic E-state index is 0. The predicted octanol–water partition coefficient (Wildman–Crippen LogP) is 1.56. The summed E-state index contributed by atoms with van der Waals surface area (Å²) >= 11 is 0. The third-order valence-corrected chi connectivity index (χ3v) is 5.02. The summed E-state index contributed by atoms with van der Waals surface area (Å²) in [6.07, 6.45) is 5.74. The molecule has 0 unspecified atom stereocenters. The Kier molecular flexibility index (Phi) is 7.13. The second-order valence-corrected chi connectivity index (χ2v) is 6.98. The summed E-state index contributed by atoms with van der Waals surface area (Å²) in [6, 6.07) is 0.401. The fourth-order valence-corrected chi connectivity index (χ4v) is 3.76. The summed E-state index contributed by atoms with van der Waals surface area (Å²) < 4.78 is 0. The van der Waals surface area contributed by atoms with E-state index in [0.717, 1.165) is 45.1 Å². The lowest BCUT2D eigenvalue weighted by atomic mass is 9.84. The van der Waals surface area contributed by atoms with Crippen molar-refractivity contribution in [2.24, 2.45) is 11.3 Å². The van der Waals surface area contributed by atoms with Crippen molar-refractivity contribution < 1.29 is 9.59 Å². The average molecular weight is 332 g/mol. The number of piperidine rings is 1. The van der Waals surface area contributed by atoms with Gasteiger partial charge in [-0.15, -0.1) is 12.4 Å². The second-order valence-electron chi connectivity index (χ2n) is 6.98. The molecule has 0 bridgehead atoms. The summed E-state index contributed by atoms with van der Waals surface area (Å²) in [5.41, 5.74) is -0.363. The molecule has 2 aliphatic rings. The van der Waals surface area contributed by atoms with E-state index in [1.807, 2.05) is 0 Å². The van der Waals surface area contributed by atoms with E-state index in [1.54, 1.807) is 19.0 Å². The molecule has 22 heavy (non-hydrogen) atoms. The summed E-state index contributed by atoms with van der Waals surface area (Å²) in [5, 5.41) is 6.44. The highest BCUT2D eigenvalue weighted by Crippen LogP contribution is 2.39. The van der Waals surface area contributed by atoms with Crippen molar-refractivity contribution in [3.05, 3.63) is 0 Å². The van der Waals surface area contributed by atoms with Crippen LogP contribution in [0.2, 0.25) is 0 Å². The van der Waals surface area contributed by atoms with Gasteiger partial charge in [0.2, 0.25) is 11.8 Å². The molecule has 1 saturated heterocycles. The molecule has 2 rings (SSSR count). The van der Waals surface area contributed by atoms with Crippen LogP contribution in [0, 0.1) is 11.3 Å². The molecule has 2 amide bonds. The molecule has 0 aromatic rings. The number of carbonyl (C=O) groups is 2. The van der Waals surface area contributed by atoms with Crippen LogP contribution in [0.1, 0.15) is 45.4 Å². The fourth-order valence-electron chi connectivity index (χ4n) is 3.76. The van der Waals surface area contributed by atoms with Gasteiger partial charge < -0.3 is 15.5 Å². The lowest BCUT2D eigenvalue weighted by Crippen LogP contribution is -2.49. The molecule has 5 nitrogen and oxygen atoms in total. The minimum atomic E-state index is -0.363. The molecule has 0 aromatic carbocycles. The van der Waals surface area contributed by atoms with Gasteiger partial charge in [-0.2, -0.15) is 0 Å². The highest BCUT2D eigenvalue weighted by Gasteiger charge is 2.42. The van der Waals surface area contributed by atoms with Gasteiger partial charge in [0.25, 0.3) is 0 Å². The van der Waals surface area contributed by atoms with E-state index < -0.39 is 0 Å². The minimum Gasteiger partial charge on any atom is -0.355 e. The molecule has 128 valence electrons. The number of hydrogen-bond donors (Lipinski definition) is 2. The molecule has 0 aromatic heterocycles. The van der Waals surface area contributed by atoms with E-state index in [0.29, 0.717) is 12.6 Å². The Labute approximate surface area is 140 Å². The van der Waals surface area contributed by atoms with Crippen LogP contribution in [-0.4, -0.2) is 49.9 Å². The zero-order valence-corrected chi connectivity index (χ0v) is 14.8. The normalized spacial score (nSPS) is 26.9. The number of amides is 2. The van der Waals surface area contributed by atoms with Crippen LogP contribution in [0.3, 0.4) is 0 Å². The first kappa shape index (κ1) is 19.2. The van der Waals surface area contributed by atoms with Crippen molar-refractivity contribution in [3.63, 3.8) is 0 Å². The molecule has 1 heterocycles. The van der Waals surface area contributed by atoms with E-state index in [1.165, 1.54) is 0 Å². The van der Waals surface area contributed by atoms with Crippen LogP contribution in [0.15, 0.2) is 0 Å². The van der Waals surface area contributed by atoms with E-state index in [2.05, 4.69) is 17.6 Å². The maximum absolute atomic E-state index is 12.5. The van der Waals surface area contributed by atoms with Crippen molar-refractivity contribution in [2.75, 3.05) is 27.2 Å². The standard InChI is InChI=1S/C16H29N3O2.ClH/c1-12-10-13(6-9-17-12)14(20)18-11-16(7-4-5-8-16)15(21)19(2)3;/h12-13,17H,4-11H2,1-3H3,(H,18,20);1H/t12-,13-;/m0./s1. The highest BCUT2D eigenvalue weighted by atomic mass is 35.5. The van der Waals surface area contributed by atoms with Gasteiger partial charge in [0.15, 0.2) is 0 Å². The van der Waals surface area contributed by atoms with Gasteiger partial charge in [0.05, 0.1) is 5.41 Å². The van der Waals surface area contributed by atoms with Crippen LogP contribution in [0.5, 0.6) is 0 Å². The summed E-state index contributed by atoms with van der Waals surface area (Å²) in [7, 11) is 3.61. The Bertz CT molecular complexity index is 395. The molecule has 0 spiro atoms. The van der Waals surface area contributed by atoms with Crippen molar-refractivity contribution in [2.45, 2.75) is 51.5 Å². The van der Waals surface area contributed by atoms with Crippen molar-refractivity contribution in [3.8, 4) is 0 Å². The Hall–Kier alpha value is -0.810. The number of nitrogens with zero attached hydrogens (tertiary/aromatic N) is 1. The fraction of sp³-hybridized carbons (Fsp3) is 0.875. The van der Waals surface area contributed by atoms with Crippen LogP contribution in [-0.2, 0) is 9.59 Å². The first-order chi connectivity index (χ1) is 9.94. The number of rotatable bonds is 4. The Morgan fingerprint density at radius 3 is 2.45 bits per heavy atom. The van der Waals surface area contributed by atoms with Gasteiger partial charge in [-0.05, 0) is 39.2 Å². The highest BCUT2D eigenvalue weighted by molar-refractivity contribution is 5.85. The smallest absolute Gasteiger partial charge is 0.230 e.